The molecule has 1 aliphatic carbocycles. The fraction of sp³-hybridized carbons (Fsp3) is 0.538. The molecule has 0 aliphatic heterocycles. The Morgan fingerprint density at radius 2 is 2.17 bits per heavy atom. The Kier molecular flexibility index (Phi) is 3.83. The number of nitrogens with zero attached hydrogens (tertiary/aromatic N) is 1. The van der Waals surface area contributed by atoms with Crippen molar-refractivity contribution in [2.45, 2.75) is 39.2 Å². The van der Waals surface area contributed by atoms with E-state index in [2.05, 4.69) is 24.1 Å². The Hall–Kier alpha value is -0.800. The minimum Gasteiger partial charge on any atom is -0.349 e. The minimum atomic E-state index is -0.177. The number of nitrogens with one attached hydrogen (secondary N) is 1. The van der Waals surface area contributed by atoms with Crippen molar-refractivity contribution in [3.8, 4) is 0 Å². The van der Waals surface area contributed by atoms with E-state index in [-0.39, 0.29) is 27.7 Å². The molecule has 1 amide bonds. The number of carbonyl (C=O) groups is 1. The smallest absolute Gasteiger partial charge is 0.254 e. The van der Waals surface area contributed by atoms with Gasteiger partial charge in [-0.2, -0.15) is 0 Å². The topological polar surface area (TPSA) is 42.0 Å². The zero-order valence-corrected chi connectivity index (χ0v) is 12.0. The lowest BCUT2D eigenvalue weighted by atomic mass is 9.87. The zero-order valence-electron chi connectivity index (χ0n) is 10.5. The molecule has 0 aromatic carbocycles. The van der Waals surface area contributed by atoms with Crippen molar-refractivity contribution in [3.63, 3.8) is 0 Å². The summed E-state index contributed by atoms with van der Waals surface area (Å²) in [5.74, 6) is -0.177. The molecule has 1 fully saturated rings. The molecule has 1 aliphatic rings. The molecule has 5 heteroatoms. The van der Waals surface area contributed by atoms with Crippen molar-refractivity contribution in [2.75, 3.05) is 0 Å². The molecule has 2 rings (SSSR count). The predicted octanol–water partition coefficient (Wildman–Crippen LogP) is 3.70. The summed E-state index contributed by atoms with van der Waals surface area (Å²) in [6.45, 7) is 4.35. The number of halogens is 2. The second-order valence-corrected chi connectivity index (χ2v) is 6.12. The monoisotopic (exact) mass is 286 g/mol. The van der Waals surface area contributed by atoms with E-state index in [0.29, 0.717) is 5.56 Å². The molecule has 0 spiro atoms. The first-order valence-electron chi connectivity index (χ1n) is 6.03. The zero-order chi connectivity index (χ0) is 13.3. The Labute approximate surface area is 117 Å². The van der Waals surface area contributed by atoms with Crippen LogP contribution in [0.15, 0.2) is 12.1 Å². The van der Waals surface area contributed by atoms with E-state index >= 15 is 0 Å². The number of hydrogen-bond acceptors (Lipinski definition) is 2. The molecule has 18 heavy (non-hydrogen) atoms. The standard InChI is InChI=1S/C13H16Cl2N2O/c1-13(2)7-3-4-9(13)16-12(18)8-5-6-10(14)17-11(8)15/h5-6,9H,3-4,7H2,1-2H3,(H,16,18). The van der Waals surface area contributed by atoms with Crippen molar-refractivity contribution >= 4 is 29.1 Å². The highest BCUT2D eigenvalue weighted by atomic mass is 35.5. The Morgan fingerprint density at radius 3 is 2.72 bits per heavy atom. The molecule has 1 aromatic rings. The van der Waals surface area contributed by atoms with Gasteiger partial charge in [0.25, 0.3) is 5.91 Å². The second-order valence-electron chi connectivity index (χ2n) is 5.38. The molecular formula is C13H16Cl2N2O. The molecule has 1 atom stereocenters. The number of rotatable bonds is 2. The number of amides is 1. The average Bonchev–Trinajstić information content (AvgIpc) is 2.58. The van der Waals surface area contributed by atoms with E-state index < -0.39 is 0 Å². The summed E-state index contributed by atoms with van der Waals surface area (Å²) in [5, 5.41) is 3.48. The van der Waals surface area contributed by atoms with Crippen LogP contribution in [0.25, 0.3) is 0 Å². The Morgan fingerprint density at radius 1 is 1.44 bits per heavy atom. The van der Waals surface area contributed by atoms with E-state index in [0.717, 1.165) is 19.3 Å². The van der Waals surface area contributed by atoms with Gasteiger partial charge in [0.2, 0.25) is 0 Å². The van der Waals surface area contributed by atoms with Crippen molar-refractivity contribution in [1.29, 1.82) is 0 Å². The van der Waals surface area contributed by atoms with Gasteiger partial charge in [-0.05, 0) is 30.4 Å². The molecule has 0 bridgehead atoms. The van der Waals surface area contributed by atoms with Crippen LogP contribution >= 0.6 is 23.2 Å². The van der Waals surface area contributed by atoms with Crippen LogP contribution in [0.5, 0.6) is 0 Å². The van der Waals surface area contributed by atoms with Gasteiger partial charge < -0.3 is 5.32 Å². The van der Waals surface area contributed by atoms with Gasteiger partial charge in [-0.15, -0.1) is 0 Å². The van der Waals surface area contributed by atoms with Crippen molar-refractivity contribution in [1.82, 2.24) is 10.3 Å². The molecule has 1 unspecified atom stereocenters. The third kappa shape index (κ3) is 2.78. The molecule has 1 aromatic heterocycles. The lowest BCUT2D eigenvalue weighted by molar-refractivity contribution is 0.0910. The first-order valence-corrected chi connectivity index (χ1v) is 6.79. The van der Waals surface area contributed by atoms with Gasteiger partial charge in [-0.1, -0.05) is 43.5 Å². The molecule has 1 heterocycles. The SMILES string of the molecule is CC1(C)CCCC1NC(=O)c1ccc(Cl)nc1Cl. The maximum absolute atomic E-state index is 12.1. The van der Waals surface area contributed by atoms with Crippen LogP contribution in [0.4, 0.5) is 0 Å². The summed E-state index contributed by atoms with van der Waals surface area (Å²) in [5.41, 5.74) is 0.519. The van der Waals surface area contributed by atoms with Crippen molar-refractivity contribution in [2.24, 2.45) is 5.41 Å². The lowest BCUT2D eigenvalue weighted by Gasteiger charge is -2.27. The summed E-state index contributed by atoms with van der Waals surface area (Å²) in [6.07, 6.45) is 3.28. The number of aromatic nitrogens is 1. The molecule has 1 N–H and O–H groups in total. The van der Waals surface area contributed by atoms with Crippen molar-refractivity contribution in [3.05, 3.63) is 28.0 Å². The highest BCUT2D eigenvalue weighted by molar-refractivity contribution is 6.34. The van der Waals surface area contributed by atoms with E-state index in [1.807, 2.05) is 0 Å². The third-order valence-electron chi connectivity index (χ3n) is 3.62. The van der Waals surface area contributed by atoms with Crippen LogP contribution in [0.1, 0.15) is 43.5 Å². The van der Waals surface area contributed by atoms with Gasteiger partial charge in [0.05, 0.1) is 5.56 Å². The minimum absolute atomic E-state index is 0.141. The molecule has 98 valence electrons. The first-order chi connectivity index (χ1) is 8.40. The number of hydrogen-bond donors (Lipinski definition) is 1. The number of carbonyl (C=O) groups excluding carboxylic acids is 1. The quantitative estimate of drug-likeness (QED) is 0.843. The van der Waals surface area contributed by atoms with Gasteiger partial charge in [0.15, 0.2) is 0 Å². The van der Waals surface area contributed by atoms with Gasteiger partial charge in [0, 0.05) is 6.04 Å². The lowest BCUT2D eigenvalue weighted by Crippen LogP contribution is -2.41. The fourth-order valence-corrected chi connectivity index (χ4v) is 2.84. The average molecular weight is 287 g/mol. The largest absolute Gasteiger partial charge is 0.349 e. The van der Waals surface area contributed by atoms with Gasteiger partial charge in [-0.25, -0.2) is 4.98 Å². The van der Waals surface area contributed by atoms with Gasteiger partial charge >= 0.3 is 0 Å². The van der Waals surface area contributed by atoms with Crippen molar-refractivity contribution < 1.29 is 4.79 Å². The summed E-state index contributed by atoms with van der Waals surface area (Å²) in [6, 6.07) is 3.37. The normalized spacial score (nSPS) is 21.9. The van der Waals surface area contributed by atoms with Crippen LogP contribution in [0, 0.1) is 5.41 Å². The third-order valence-corrected chi connectivity index (χ3v) is 4.12. The van der Waals surface area contributed by atoms with E-state index in [1.165, 1.54) is 0 Å². The van der Waals surface area contributed by atoms with Crippen LogP contribution in [0.3, 0.4) is 0 Å². The highest BCUT2D eigenvalue weighted by Crippen LogP contribution is 2.37. The van der Waals surface area contributed by atoms with E-state index in [9.17, 15) is 4.79 Å². The molecule has 3 nitrogen and oxygen atoms in total. The fourth-order valence-electron chi connectivity index (χ4n) is 2.41. The molecule has 0 saturated heterocycles. The number of pyridine rings is 1. The summed E-state index contributed by atoms with van der Waals surface area (Å²) >= 11 is 11.6. The highest BCUT2D eigenvalue weighted by Gasteiger charge is 2.35. The second kappa shape index (κ2) is 5.06. The van der Waals surface area contributed by atoms with Crippen LogP contribution in [-0.2, 0) is 0 Å². The van der Waals surface area contributed by atoms with Crippen LogP contribution < -0.4 is 5.32 Å². The van der Waals surface area contributed by atoms with Gasteiger partial charge in [-0.3, -0.25) is 4.79 Å². The molecular weight excluding hydrogens is 271 g/mol. The summed E-state index contributed by atoms with van der Waals surface area (Å²) in [4.78, 5) is 16.0. The van der Waals surface area contributed by atoms with Crippen LogP contribution in [0.2, 0.25) is 10.3 Å². The molecule has 0 radical (unpaired) electrons. The maximum Gasteiger partial charge on any atom is 0.254 e. The Bertz CT molecular complexity index is 474. The Balaban J connectivity index is 2.13. The summed E-state index contributed by atoms with van der Waals surface area (Å²) in [7, 11) is 0. The first kappa shape index (κ1) is 13.6. The maximum atomic E-state index is 12.1. The van der Waals surface area contributed by atoms with Gasteiger partial charge in [0.1, 0.15) is 10.3 Å². The van der Waals surface area contributed by atoms with E-state index in [4.69, 9.17) is 23.2 Å². The summed E-state index contributed by atoms with van der Waals surface area (Å²) < 4.78 is 0. The van der Waals surface area contributed by atoms with Crippen LogP contribution in [-0.4, -0.2) is 16.9 Å². The molecule has 1 saturated carbocycles. The predicted molar refractivity (Wildman–Crippen MR) is 73.1 cm³/mol. The van der Waals surface area contributed by atoms with E-state index in [1.54, 1.807) is 12.1 Å².